The summed E-state index contributed by atoms with van der Waals surface area (Å²) in [4.78, 5) is 0. The molecule has 0 aliphatic heterocycles. The zero-order valence-electron chi connectivity index (χ0n) is 5.51. The normalized spacial score (nSPS) is 12.7. The van der Waals surface area contributed by atoms with Crippen molar-refractivity contribution in [2.75, 3.05) is 0 Å². The Labute approximate surface area is 63.0 Å². The summed E-state index contributed by atoms with van der Waals surface area (Å²) in [7, 11) is -0.769. The van der Waals surface area contributed by atoms with E-state index in [0.717, 1.165) is 6.42 Å². The molecule has 9 heavy (non-hydrogen) atoms. The molecule has 0 aliphatic rings. The first-order valence-electron chi connectivity index (χ1n) is 2.91. The minimum Gasteiger partial charge on any atom is -0.540 e. The van der Waals surface area contributed by atoms with Crippen LogP contribution < -0.4 is 0 Å². The molecule has 0 aromatic rings. The third kappa shape index (κ3) is 7.79. The number of hydrogen-bond acceptors (Lipinski definition) is 1. The second-order valence-electron chi connectivity index (χ2n) is 1.44. The van der Waals surface area contributed by atoms with Crippen LogP contribution in [-0.2, 0) is 4.43 Å². The maximum Gasteiger partial charge on any atom is 0.315 e. The monoisotopic (exact) mass is 162 g/mol. The second-order valence-corrected chi connectivity index (χ2v) is 2.65. The molecule has 3 heteroatoms. The Hall–Kier alpha value is -0.213. The van der Waals surface area contributed by atoms with E-state index in [1.807, 2.05) is 12.2 Å². The van der Waals surface area contributed by atoms with Gasteiger partial charge in [0.2, 0.25) is 0 Å². The lowest BCUT2D eigenvalue weighted by Gasteiger charge is -1.86. The van der Waals surface area contributed by atoms with Gasteiger partial charge in [-0.3, -0.25) is 0 Å². The van der Waals surface area contributed by atoms with Crippen molar-refractivity contribution >= 4 is 20.2 Å². The molecule has 0 radical (unpaired) electrons. The van der Waals surface area contributed by atoms with Gasteiger partial charge in [-0.1, -0.05) is 19.1 Å². The van der Waals surface area contributed by atoms with Crippen molar-refractivity contribution in [1.29, 1.82) is 0 Å². The molecule has 0 rings (SSSR count). The van der Waals surface area contributed by atoms with E-state index in [-0.39, 0.29) is 0 Å². The largest absolute Gasteiger partial charge is 0.540 e. The van der Waals surface area contributed by atoms with Crippen molar-refractivity contribution in [1.82, 2.24) is 0 Å². The van der Waals surface area contributed by atoms with Crippen LogP contribution in [0.1, 0.15) is 13.3 Å². The van der Waals surface area contributed by atoms with Crippen LogP contribution in [0.15, 0.2) is 24.5 Å². The number of hydrogen-bond donors (Lipinski definition) is 0. The van der Waals surface area contributed by atoms with Gasteiger partial charge in [-0.05, 0) is 12.5 Å². The van der Waals surface area contributed by atoms with Gasteiger partial charge in [0.25, 0.3) is 0 Å². The molecule has 0 aliphatic carbocycles. The first kappa shape index (κ1) is 8.79. The van der Waals surface area contributed by atoms with E-state index in [9.17, 15) is 0 Å². The molecule has 0 N–H and O–H groups in total. The number of allylic oxidation sites excluding steroid dienone is 3. The van der Waals surface area contributed by atoms with E-state index in [2.05, 4.69) is 13.0 Å². The van der Waals surface area contributed by atoms with E-state index in [0.29, 0.717) is 0 Å². The van der Waals surface area contributed by atoms with Crippen molar-refractivity contribution in [2.45, 2.75) is 13.3 Å². The topological polar surface area (TPSA) is 9.23 Å². The van der Waals surface area contributed by atoms with Crippen molar-refractivity contribution in [2.24, 2.45) is 0 Å². The Morgan fingerprint density at radius 3 is 2.89 bits per heavy atom. The predicted molar refractivity (Wildman–Crippen MR) is 44.1 cm³/mol. The van der Waals surface area contributed by atoms with Gasteiger partial charge in [0.15, 0.2) is 0 Å². The molecular weight excluding hydrogens is 152 g/mol. The summed E-state index contributed by atoms with van der Waals surface area (Å²) in [6.45, 7) is 2.08. The Kier molecular flexibility index (Phi) is 7.60. The molecular formula is C6H11ClOSi. The van der Waals surface area contributed by atoms with Crippen LogP contribution in [0, 0.1) is 0 Å². The average molecular weight is 163 g/mol. The van der Waals surface area contributed by atoms with Crippen LogP contribution in [0.2, 0.25) is 0 Å². The first-order valence-corrected chi connectivity index (χ1v) is 5.62. The van der Waals surface area contributed by atoms with Gasteiger partial charge in [-0.2, -0.15) is 0 Å². The van der Waals surface area contributed by atoms with Crippen molar-refractivity contribution in [3.63, 3.8) is 0 Å². The van der Waals surface area contributed by atoms with E-state index >= 15 is 0 Å². The molecule has 0 fully saturated rings. The molecule has 0 unspecified atom stereocenters. The SMILES string of the molecule is CCC=CC=CO[SiH2]Cl. The van der Waals surface area contributed by atoms with Gasteiger partial charge in [0.05, 0.1) is 6.26 Å². The van der Waals surface area contributed by atoms with Gasteiger partial charge in [0, 0.05) is 0 Å². The average Bonchev–Trinajstić information content (AvgIpc) is 1.89. The van der Waals surface area contributed by atoms with Crippen LogP contribution in [0.5, 0.6) is 0 Å². The Bertz CT molecular complexity index is 101. The van der Waals surface area contributed by atoms with Crippen molar-refractivity contribution in [3.8, 4) is 0 Å². The summed E-state index contributed by atoms with van der Waals surface area (Å²) >= 11 is 5.36. The summed E-state index contributed by atoms with van der Waals surface area (Å²) in [6, 6.07) is 0. The van der Waals surface area contributed by atoms with E-state index in [1.165, 1.54) is 0 Å². The fourth-order valence-electron chi connectivity index (χ4n) is 0.352. The lowest BCUT2D eigenvalue weighted by Crippen LogP contribution is -1.76. The smallest absolute Gasteiger partial charge is 0.315 e. The van der Waals surface area contributed by atoms with Crippen LogP contribution in [0.3, 0.4) is 0 Å². The van der Waals surface area contributed by atoms with Crippen molar-refractivity contribution < 1.29 is 4.43 Å². The maximum absolute atomic E-state index is 5.36. The molecule has 0 amide bonds. The van der Waals surface area contributed by atoms with Crippen LogP contribution in [0.4, 0.5) is 0 Å². The third-order valence-electron chi connectivity index (χ3n) is 0.721. The predicted octanol–water partition coefficient (Wildman–Crippen LogP) is 1.72. The lowest BCUT2D eigenvalue weighted by atomic mass is 10.4. The summed E-state index contributed by atoms with van der Waals surface area (Å²) < 4.78 is 4.85. The van der Waals surface area contributed by atoms with E-state index < -0.39 is 9.07 Å². The van der Waals surface area contributed by atoms with Crippen molar-refractivity contribution in [3.05, 3.63) is 24.5 Å². The fourth-order valence-corrected chi connectivity index (χ4v) is 0.754. The van der Waals surface area contributed by atoms with Gasteiger partial charge in [0.1, 0.15) is 0 Å². The highest BCUT2D eigenvalue weighted by molar-refractivity contribution is 6.90. The van der Waals surface area contributed by atoms with Crippen LogP contribution in [-0.4, -0.2) is 9.07 Å². The van der Waals surface area contributed by atoms with Gasteiger partial charge < -0.3 is 4.43 Å². The van der Waals surface area contributed by atoms with Gasteiger partial charge >= 0.3 is 9.07 Å². The molecule has 0 spiro atoms. The Balaban J connectivity index is 3.13. The minimum atomic E-state index is -0.769. The zero-order valence-corrected chi connectivity index (χ0v) is 7.68. The van der Waals surface area contributed by atoms with E-state index in [4.69, 9.17) is 15.5 Å². The quantitative estimate of drug-likeness (QED) is 0.265. The molecule has 0 saturated heterocycles. The maximum atomic E-state index is 5.36. The Morgan fingerprint density at radius 2 is 2.33 bits per heavy atom. The molecule has 0 heterocycles. The summed E-state index contributed by atoms with van der Waals surface area (Å²) in [5.41, 5.74) is 0. The summed E-state index contributed by atoms with van der Waals surface area (Å²) in [5.74, 6) is 0. The highest BCUT2D eigenvalue weighted by Gasteiger charge is 1.68. The molecule has 0 aromatic heterocycles. The summed E-state index contributed by atoms with van der Waals surface area (Å²) in [6.07, 6.45) is 8.53. The Morgan fingerprint density at radius 1 is 1.56 bits per heavy atom. The highest BCUT2D eigenvalue weighted by Crippen LogP contribution is 1.82. The summed E-state index contributed by atoms with van der Waals surface area (Å²) in [5, 5.41) is 0. The first-order chi connectivity index (χ1) is 4.41. The number of rotatable bonds is 4. The van der Waals surface area contributed by atoms with Gasteiger partial charge in [-0.15, -0.1) is 11.1 Å². The molecule has 52 valence electrons. The lowest BCUT2D eigenvalue weighted by molar-refractivity contribution is 0.529. The zero-order chi connectivity index (χ0) is 6.95. The standard InChI is InChI=1S/C6H11ClOSi/c1-2-3-4-5-6-8-9-7/h3-6H,2,9H2,1H3. The number of halogens is 1. The third-order valence-corrected chi connectivity index (χ3v) is 1.42. The van der Waals surface area contributed by atoms with Crippen LogP contribution >= 0.6 is 11.1 Å². The molecule has 0 aromatic carbocycles. The molecule has 0 saturated carbocycles. The highest BCUT2D eigenvalue weighted by atomic mass is 35.6. The molecule has 1 nitrogen and oxygen atoms in total. The molecule has 0 atom stereocenters. The van der Waals surface area contributed by atoms with E-state index in [1.54, 1.807) is 6.26 Å². The molecule has 0 bridgehead atoms. The fraction of sp³-hybridized carbons (Fsp3) is 0.333. The minimum absolute atomic E-state index is 0.769. The second kappa shape index (κ2) is 7.79. The van der Waals surface area contributed by atoms with Crippen LogP contribution in [0.25, 0.3) is 0 Å². The van der Waals surface area contributed by atoms with Gasteiger partial charge in [-0.25, -0.2) is 0 Å².